The van der Waals surface area contributed by atoms with Crippen molar-refractivity contribution in [3.8, 4) is 0 Å². The van der Waals surface area contributed by atoms with Gasteiger partial charge in [-0.05, 0) is 35.0 Å². The predicted molar refractivity (Wildman–Crippen MR) is 58.8 cm³/mol. The number of hydrogen-bond acceptors (Lipinski definition) is 3. The van der Waals surface area contributed by atoms with Crippen LogP contribution in [0.2, 0.25) is 0 Å². The van der Waals surface area contributed by atoms with Crippen molar-refractivity contribution >= 4 is 27.5 Å². The van der Waals surface area contributed by atoms with E-state index < -0.39 is 5.97 Å². The summed E-state index contributed by atoms with van der Waals surface area (Å²) < 4.78 is 7.49. The first kappa shape index (κ1) is 10.2. The number of aromatic nitrogens is 2. The van der Waals surface area contributed by atoms with Gasteiger partial charge in [-0.1, -0.05) is 0 Å². The molecule has 0 unspecified atom stereocenters. The van der Waals surface area contributed by atoms with Gasteiger partial charge in [0.1, 0.15) is 0 Å². The highest BCUT2D eigenvalue weighted by atomic mass is 79.9. The molecule has 0 atom stereocenters. The van der Waals surface area contributed by atoms with Gasteiger partial charge in [0.2, 0.25) is 0 Å². The zero-order chi connectivity index (χ0) is 10.8. The SMILES string of the molecule is CCOC(=O)c1cn2cccc(Br)c2n1. The maximum atomic E-state index is 11.4. The lowest BCUT2D eigenvalue weighted by atomic mass is 10.5. The topological polar surface area (TPSA) is 43.6 Å². The Hall–Kier alpha value is -1.36. The molecule has 0 aliphatic carbocycles. The van der Waals surface area contributed by atoms with Crippen molar-refractivity contribution in [1.29, 1.82) is 0 Å². The second-order valence-electron chi connectivity index (χ2n) is 2.93. The monoisotopic (exact) mass is 268 g/mol. The summed E-state index contributed by atoms with van der Waals surface area (Å²) in [6, 6.07) is 3.74. The van der Waals surface area contributed by atoms with Gasteiger partial charge in [0.05, 0.1) is 11.1 Å². The highest BCUT2D eigenvalue weighted by Gasteiger charge is 2.12. The van der Waals surface area contributed by atoms with Crippen LogP contribution in [-0.2, 0) is 4.74 Å². The van der Waals surface area contributed by atoms with Crippen LogP contribution in [0, 0.1) is 0 Å². The molecule has 0 aliphatic rings. The lowest BCUT2D eigenvalue weighted by Crippen LogP contribution is -2.04. The fourth-order valence-corrected chi connectivity index (χ4v) is 1.73. The minimum atomic E-state index is -0.395. The Labute approximate surface area is 95.0 Å². The van der Waals surface area contributed by atoms with Gasteiger partial charge < -0.3 is 9.14 Å². The average Bonchev–Trinajstić information content (AvgIpc) is 2.63. The fraction of sp³-hybridized carbons (Fsp3) is 0.200. The number of hydrogen-bond donors (Lipinski definition) is 0. The number of fused-ring (bicyclic) bond motifs is 1. The highest BCUT2D eigenvalue weighted by Crippen LogP contribution is 2.17. The highest BCUT2D eigenvalue weighted by molar-refractivity contribution is 9.10. The van der Waals surface area contributed by atoms with Crippen molar-refractivity contribution in [2.75, 3.05) is 6.61 Å². The van der Waals surface area contributed by atoms with Crippen LogP contribution in [0.4, 0.5) is 0 Å². The van der Waals surface area contributed by atoms with Crippen LogP contribution in [0.5, 0.6) is 0 Å². The minimum Gasteiger partial charge on any atom is -0.461 e. The predicted octanol–water partition coefficient (Wildman–Crippen LogP) is 2.27. The summed E-state index contributed by atoms with van der Waals surface area (Å²) in [5.41, 5.74) is 1.03. The summed E-state index contributed by atoms with van der Waals surface area (Å²) in [7, 11) is 0. The summed E-state index contributed by atoms with van der Waals surface area (Å²) in [5.74, 6) is -0.395. The number of halogens is 1. The van der Waals surface area contributed by atoms with Crippen LogP contribution < -0.4 is 0 Å². The average molecular weight is 269 g/mol. The summed E-state index contributed by atoms with van der Waals surface area (Å²) >= 11 is 3.36. The molecular weight excluding hydrogens is 260 g/mol. The number of carbonyl (C=O) groups excluding carboxylic acids is 1. The van der Waals surface area contributed by atoms with Gasteiger partial charge >= 0.3 is 5.97 Å². The Balaban J connectivity index is 2.47. The molecule has 2 aromatic rings. The smallest absolute Gasteiger partial charge is 0.358 e. The maximum absolute atomic E-state index is 11.4. The normalized spacial score (nSPS) is 10.5. The van der Waals surface area contributed by atoms with Gasteiger partial charge in [0.15, 0.2) is 11.3 Å². The van der Waals surface area contributed by atoms with Crippen LogP contribution >= 0.6 is 15.9 Å². The van der Waals surface area contributed by atoms with Gasteiger partial charge in [-0.3, -0.25) is 0 Å². The van der Waals surface area contributed by atoms with E-state index in [1.807, 2.05) is 18.3 Å². The van der Waals surface area contributed by atoms with E-state index in [1.165, 1.54) is 0 Å². The molecule has 5 heteroatoms. The first-order chi connectivity index (χ1) is 7.22. The molecule has 0 bridgehead atoms. The van der Waals surface area contributed by atoms with E-state index in [4.69, 9.17) is 4.74 Å². The Morgan fingerprint density at radius 3 is 3.13 bits per heavy atom. The summed E-state index contributed by atoms with van der Waals surface area (Å²) in [5, 5.41) is 0. The molecule has 4 nitrogen and oxygen atoms in total. The molecule has 2 heterocycles. The van der Waals surface area contributed by atoms with Crippen molar-refractivity contribution in [3.05, 3.63) is 34.7 Å². The van der Waals surface area contributed by atoms with Crippen LogP contribution in [0.1, 0.15) is 17.4 Å². The zero-order valence-corrected chi connectivity index (χ0v) is 9.69. The van der Waals surface area contributed by atoms with E-state index in [-0.39, 0.29) is 0 Å². The molecule has 0 saturated carbocycles. The van der Waals surface area contributed by atoms with Gasteiger partial charge in [0, 0.05) is 12.4 Å². The maximum Gasteiger partial charge on any atom is 0.358 e. The summed E-state index contributed by atoms with van der Waals surface area (Å²) in [4.78, 5) is 15.6. The van der Waals surface area contributed by atoms with Gasteiger partial charge in [-0.25, -0.2) is 9.78 Å². The summed E-state index contributed by atoms with van der Waals surface area (Å²) in [6.45, 7) is 2.12. The Morgan fingerprint density at radius 1 is 1.67 bits per heavy atom. The fourth-order valence-electron chi connectivity index (χ4n) is 1.28. The van der Waals surface area contributed by atoms with E-state index in [0.717, 1.165) is 4.47 Å². The van der Waals surface area contributed by atoms with Crippen LogP contribution in [0.3, 0.4) is 0 Å². The first-order valence-corrected chi connectivity index (χ1v) is 5.32. The molecule has 0 aromatic carbocycles. The third-order valence-electron chi connectivity index (χ3n) is 1.92. The van der Waals surface area contributed by atoms with Crippen molar-refractivity contribution in [1.82, 2.24) is 9.38 Å². The minimum absolute atomic E-state index is 0.323. The molecule has 0 fully saturated rings. The number of esters is 1. The Morgan fingerprint density at radius 2 is 2.47 bits per heavy atom. The molecule has 78 valence electrons. The molecule has 0 saturated heterocycles. The number of carbonyl (C=O) groups is 1. The molecule has 0 aliphatic heterocycles. The van der Waals surface area contributed by atoms with Crippen molar-refractivity contribution in [2.24, 2.45) is 0 Å². The van der Waals surface area contributed by atoms with Gasteiger partial charge in [-0.15, -0.1) is 0 Å². The van der Waals surface area contributed by atoms with E-state index in [9.17, 15) is 4.79 Å². The zero-order valence-electron chi connectivity index (χ0n) is 8.11. The van der Waals surface area contributed by atoms with E-state index >= 15 is 0 Å². The molecule has 0 N–H and O–H groups in total. The van der Waals surface area contributed by atoms with Gasteiger partial charge in [-0.2, -0.15) is 0 Å². The second kappa shape index (κ2) is 4.02. The number of nitrogens with zero attached hydrogens (tertiary/aromatic N) is 2. The summed E-state index contributed by atoms with van der Waals surface area (Å²) in [6.07, 6.45) is 3.48. The van der Waals surface area contributed by atoms with Crippen LogP contribution in [0.15, 0.2) is 29.0 Å². The molecule has 0 spiro atoms. The number of ether oxygens (including phenoxy) is 1. The lowest BCUT2D eigenvalue weighted by Gasteiger charge is -1.95. The van der Waals surface area contributed by atoms with Crippen LogP contribution in [0.25, 0.3) is 5.65 Å². The Bertz CT molecular complexity index is 507. The first-order valence-electron chi connectivity index (χ1n) is 4.52. The molecule has 0 radical (unpaired) electrons. The molecular formula is C10H9BrN2O2. The Kier molecular flexibility index (Phi) is 2.73. The molecule has 15 heavy (non-hydrogen) atoms. The lowest BCUT2D eigenvalue weighted by molar-refractivity contribution is 0.0520. The molecule has 0 amide bonds. The standard InChI is InChI=1S/C10H9BrN2O2/c1-2-15-10(14)8-6-13-5-3-4-7(11)9(13)12-8/h3-6H,2H2,1H3. The third kappa shape index (κ3) is 1.87. The van der Waals surface area contributed by atoms with Gasteiger partial charge in [0.25, 0.3) is 0 Å². The number of pyridine rings is 1. The molecule has 2 rings (SSSR count). The second-order valence-corrected chi connectivity index (χ2v) is 3.79. The van der Waals surface area contributed by atoms with E-state index in [0.29, 0.717) is 17.9 Å². The largest absolute Gasteiger partial charge is 0.461 e. The van der Waals surface area contributed by atoms with Crippen molar-refractivity contribution in [3.63, 3.8) is 0 Å². The van der Waals surface area contributed by atoms with E-state index in [1.54, 1.807) is 17.5 Å². The number of imidazole rings is 1. The number of rotatable bonds is 2. The van der Waals surface area contributed by atoms with Crippen molar-refractivity contribution < 1.29 is 9.53 Å². The van der Waals surface area contributed by atoms with Crippen molar-refractivity contribution in [2.45, 2.75) is 6.92 Å². The third-order valence-corrected chi connectivity index (χ3v) is 2.54. The molecule has 2 aromatic heterocycles. The quantitative estimate of drug-likeness (QED) is 0.785. The van der Waals surface area contributed by atoms with E-state index in [2.05, 4.69) is 20.9 Å². The van der Waals surface area contributed by atoms with Crippen LogP contribution in [-0.4, -0.2) is 22.0 Å².